The molecule has 1 aliphatic heterocycles. The van der Waals surface area contributed by atoms with Crippen molar-refractivity contribution < 1.29 is 24.2 Å². The second-order valence-corrected chi connectivity index (χ2v) is 8.85. The maximum atomic E-state index is 13.3. The van der Waals surface area contributed by atoms with Crippen molar-refractivity contribution in [1.29, 1.82) is 0 Å². The molecule has 5 rings (SSSR count). The van der Waals surface area contributed by atoms with E-state index in [9.17, 15) is 14.7 Å². The third kappa shape index (κ3) is 4.65. The van der Waals surface area contributed by atoms with Crippen LogP contribution in [0.4, 0.5) is 0 Å². The first-order chi connectivity index (χ1) is 18.0. The summed E-state index contributed by atoms with van der Waals surface area (Å²) >= 11 is 0. The van der Waals surface area contributed by atoms with Gasteiger partial charge in [0.1, 0.15) is 17.3 Å². The van der Waals surface area contributed by atoms with Crippen LogP contribution >= 0.6 is 0 Å². The number of aromatic nitrogens is 2. The van der Waals surface area contributed by atoms with Gasteiger partial charge in [0.05, 0.1) is 32.2 Å². The summed E-state index contributed by atoms with van der Waals surface area (Å²) in [5.74, 6) is -0.223. The molecule has 0 saturated carbocycles. The number of ketones is 1. The molecule has 0 radical (unpaired) electrons. The van der Waals surface area contributed by atoms with Crippen molar-refractivity contribution in [2.75, 3.05) is 20.8 Å². The molecule has 1 N–H and O–H groups in total. The lowest BCUT2D eigenvalue weighted by molar-refractivity contribution is -0.139. The molecule has 0 spiro atoms. The zero-order chi connectivity index (χ0) is 25.9. The van der Waals surface area contributed by atoms with Crippen molar-refractivity contribution in [2.45, 2.75) is 19.0 Å². The number of likely N-dealkylation sites (tertiary alicyclic amines) is 1. The highest BCUT2D eigenvalue weighted by atomic mass is 16.5. The van der Waals surface area contributed by atoms with Gasteiger partial charge >= 0.3 is 0 Å². The predicted octanol–water partition coefficient (Wildman–Crippen LogP) is 4.57. The van der Waals surface area contributed by atoms with Crippen LogP contribution in [0.2, 0.25) is 0 Å². The number of hydrogen-bond acceptors (Lipinski definition) is 6. The van der Waals surface area contributed by atoms with Crippen LogP contribution in [0, 0.1) is 0 Å². The van der Waals surface area contributed by atoms with E-state index in [0.29, 0.717) is 36.4 Å². The third-order valence-corrected chi connectivity index (χ3v) is 6.64. The van der Waals surface area contributed by atoms with Gasteiger partial charge in [-0.05, 0) is 53.1 Å². The summed E-state index contributed by atoms with van der Waals surface area (Å²) in [5, 5.41) is 13.2. The van der Waals surface area contributed by atoms with Gasteiger partial charge in [0, 0.05) is 31.0 Å². The fourth-order valence-corrected chi connectivity index (χ4v) is 4.77. The number of methoxy groups -OCH3 is 2. The first-order valence-corrected chi connectivity index (χ1v) is 12.0. The number of aryl methyl sites for hydroxylation is 1. The van der Waals surface area contributed by atoms with Crippen LogP contribution in [0.3, 0.4) is 0 Å². The monoisotopic (exact) mass is 497 g/mol. The highest BCUT2D eigenvalue weighted by molar-refractivity contribution is 6.46. The number of carbonyl (C=O) groups is 2. The van der Waals surface area contributed by atoms with E-state index in [2.05, 4.69) is 4.98 Å². The lowest BCUT2D eigenvalue weighted by Gasteiger charge is -2.25. The topological polar surface area (TPSA) is 93.9 Å². The number of hydrogen-bond donors (Lipinski definition) is 1. The first-order valence-electron chi connectivity index (χ1n) is 12.0. The maximum absolute atomic E-state index is 13.3. The maximum Gasteiger partial charge on any atom is 0.295 e. The Morgan fingerprint density at radius 2 is 1.70 bits per heavy atom. The summed E-state index contributed by atoms with van der Waals surface area (Å²) in [6, 6.07) is 17.5. The molecule has 3 aromatic carbocycles. The molecule has 1 atom stereocenters. The van der Waals surface area contributed by atoms with Gasteiger partial charge in [0.2, 0.25) is 0 Å². The molecule has 1 fully saturated rings. The SMILES string of the molecule is COc1cccc(C2/C(=C(\O)c3ccc4cc(OC)ccc4c3)C(=O)C(=O)N2CCCn2ccnc2)c1. The fraction of sp³-hybridized carbons (Fsp3) is 0.207. The Hall–Kier alpha value is -4.59. The standard InChI is InChI=1S/C29H27N3O5/c1-36-23-6-3-5-21(17-23)26-25(28(34)29(35)32(26)13-4-12-31-14-11-30-18-31)27(33)22-8-7-20-16-24(37-2)10-9-19(20)15-22/h3,5-11,14-18,26,33H,4,12-13H2,1-2H3/b27-25+. The molecule has 1 aromatic heterocycles. The number of benzene rings is 3. The summed E-state index contributed by atoms with van der Waals surface area (Å²) in [6.45, 7) is 0.973. The molecule has 1 unspecified atom stereocenters. The number of ether oxygens (including phenoxy) is 2. The minimum atomic E-state index is -0.746. The van der Waals surface area contributed by atoms with Gasteiger partial charge in [0.25, 0.3) is 11.7 Å². The molecular formula is C29H27N3O5. The molecule has 0 aliphatic carbocycles. The Bertz CT molecular complexity index is 1490. The number of carbonyl (C=O) groups excluding carboxylic acids is 2. The quantitative estimate of drug-likeness (QED) is 0.218. The van der Waals surface area contributed by atoms with Crippen molar-refractivity contribution in [1.82, 2.24) is 14.5 Å². The van der Waals surface area contributed by atoms with E-state index in [1.54, 1.807) is 51.0 Å². The Morgan fingerprint density at radius 1 is 0.946 bits per heavy atom. The smallest absolute Gasteiger partial charge is 0.295 e. The molecule has 8 heteroatoms. The van der Waals surface area contributed by atoms with Gasteiger partial charge in [-0.15, -0.1) is 0 Å². The second kappa shape index (κ2) is 10.2. The second-order valence-electron chi connectivity index (χ2n) is 8.85. The van der Waals surface area contributed by atoms with Crippen LogP contribution in [0.15, 0.2) is 85.0 Å². The zero-order valence-corrected chi connectivity index (χ0v) is 20.6. The van der Waals surface area contributed by atoms with E-state index in [-0.39, 0.29) is 11.3 Å². The van der Waals surface area contributed by atoms with Crippen molar-refractivity contribution in [3.05, 3.63) is 96.1 Å². The van der Waals surface area contributed by atoms with E-state index in [1.165, 1.54) is 4.90 Å². The molecule has 1 aliphatic rings. The lowest BCUT2D eigenvalue weighted by atomic mass is 9.94. The summed E-state index contributed by atoms with van der Waals surface area (Å²) < 4.78 is 12.6. The van der Waals surface area contributed by atoms with Gasteiger partial charge in [0.15, 0.2) is 0 Å². The van der Waals surface area contributed by atoms with Crippen LogP contribution < -0.4 is 9.47 Å². The summed E-state index contributed by atoms with van der Waals surface area (Å²) in [5.41, 5.74) is 1.21. The van der Waals surface area contributed by atoms with Crippen LogP contribution in [0.5, 0.6) is 11.5 Å². The predicted molar refractivity (Wildman–Crippen MR) is 139 cm³/mol. The molecule has 8 nitrogen and oxygen atoms in total. The number of nitrogens with zero attached hydrogens (tertiary/aromatic N) is 3. The van der Waals surface area contributed by atoms with Gasteiger partial charge in [-0.2, -0.15) is 0 Å². The van der Waals surface area contributed by atoms with E-state index < -0.39 is 17.7 Å². The molecule has 188 valence electrons. The number of aliphatic hydroxyl groups is 1. The van der Waals surface area contributed by atoms with Crippen molar-refractivity contribution in [3.8, 4) is 11.5 Å². The van der Waals surface area contributed by atoms with E-state index >= 15 is 0 Å². The van der Waals surface area contributed by atoms with E-state index in [4.69, 9.17) is 9.47 Å². The minimum absolute atomic E-state index is 0.0637. The highest BCUT2D eigenvalue weighted by Crippen LogP contribution is 2.40. The van der Waals surface area contributed by atoms with Gasteiger partial charge in [-0.25, -0.2) is 4.98 Å². The van der Waals surface area contributed by atoms with Crippen molar-refractivity contribution >= 4 is 28.2 Å². The van der Waals surface area contributed by atoms with E-state index in [0.717, 1.165) is 16.5 Å². The summed E-state index contributed by atoms with van der Waals surface area (Å²) in [6.07, 6.45) is 5.87. The van der Waals surface area contributed by atoms with Crippen molar-refractivity contribution in [2.24, 2.45) is 0 Å². The van der Waals surface area contributed by atoms with E-state index in [1.807, 2.05) is 47.2 Å². The number of rotatable bonds is 8. The number of Topliss-reactive ketones (excluding diaryl/α,β-unsaturated/α-hetero) is 1. The van der Waals surface area contributed by atoms with Crippen molar-refractivity contribution in [3.63, 3.8) is 0 Å². The number of aliphatic hydroxyl groups excluding tert-OH is 1. The average molecular weight is 498 g/mol. The third-order valence-electron chi connectivity index (χ3n) is 6.64. The molecule has 4 aromatic rings. The Labute approximate surface area is 214 Å². The molecule has 1 saturated heterocycles. The first kappa shape index (κ1) is 24.1. The molecular weight excluding hydrogens is 470 g/mol. The highest BCUT2D eigenvalue weighted by Gasteiger charge is 2.45. The fourth-order valence-electron chi connectivity index (χ4n) is 4.77. The number of imidazole rings is 1. The van der Waals surface area contributed by atoms with Crippen LogP contribution in [-0.4, -0.2) is 52.0 Å². The summed E-state index contributed by atoms with van der Waals surface area (Å²) in [7, 11) is 3.17. The largest absolute Gasteiger partial charge is 0.507 e. The van der Waals surface area contributed by atoms with Gasteiger partial charge in [-0.3, -0.25) is 9.59 Å². The normalized spacial score (nSPS) is 16.9. The van der Waals surface area contributed by atoms with Crippen LogP contribution in [0.25, 0.3) is 16.5 Å². The van der Waals surface area contributed by atoms with Gasteiger partial charge in [-0.1, -0.05) is 30.3 Å². The Kier molecular flexibility index (Phi) is 6.64. The summed E-state index contributed by atoms with van der Waals surface area (Å²) in [4.78, 5) is 32.1. The Balaban J connectivity index is 1.56. The zero-order valence-electron chi connectivity index (χ0n) is 20.6. The number of amides is 1. The van der Waals surface area contributed by atoms with Crippen LogP contribution in [-0.2, 0) is 16.1 Å². The lowest BCUT2D eigenvalue weighted by Crippen LogP contribution is -2.31. The van der Waals surface area contributed by atoms with Gasteiger partial charge < -0.3 is 24.0 Å². The Morgan fingerprint density at radius 3 is 2.46 bits per heavy atom. The molecule has 0 bridgehead atoms. The molecule has 1 amide bonds. The van der Waals surface area contributed by atoms with Crippen LogP contribution in [0.1, 0.15) is 23.6 Å². The molecule has 37 heavy (non-hydrogen) atoms. The number of fused-ring (bicyclic) bond motifs is 1. The minimum Gasteiger partial charge on any atom is -0.507 e. The average Bonchev–Trinajstić information content (AvgIpc) is 3.54. The molecule has 2 heterocycles.